The molecule has 2 aromatic heterocycles. The van der Waals surface area contributed by atoms with Crippen molar-refractivity contribution in [2.75, 3.05) is 5.73 Å². The van der Waals surface area contributed by atoms with Crippen LogP contribution in [0.4, 0.5) is 5.82 Å². The maximum atomic E-state index is 6.25. The van der Waals surface area contributed by atoms with Crippen LogP contribution in [0.1, 0.15) is 12.7 Å². The van der Waals surface area contributed by atoms with E-state index in [2.05, 4.69) is 5.16 Å². The fourth-order valence-electron chi connectivity index (χ4n) is 2.23. The van der Waals surface area contributed by atoms with Gasteiger partial charge in [-0.1, -0.05) is 41.9 Å². The Hall–Kier alpha value is -2.20. The van der Waals surface area contributed by atoms with Crippen LogP contribution >= 0.6 is 11.6 Å². The van der Waals surface area contributed by atoms with Crippen LogP contribution in [0, 0.1) is 0 Å². The molecule has 3 rings (SSSR count). The highest BCUT2D eigenvalue weighted by Crippen LogP contribution is 2.41. The van der Waals surface area contributed by atoms with Crippen molar-refractivity contribution in [2.45, 2.75) is 13.3 Å². The van der Waals surface area contributed by atoms with Crippen molar-refractivity contribution in [2.24, 2.45) is 0 Å². The van der Waals surface area contributed by atoms with Crippen LogP contribution in [-0.2, 0) is 6.42 Å². The van der Waals surface area contributed by atoms with Crippen LogP contribution in [0.25, 0.3) is 22.5 Å². The van der Waals surface area contributed by atoms with E-state index in [0.29, 0.717) is 22.2 Å². The van der Waals surface area contributed by atoms with Gasteiger partial charge in [-0.25, -0.2) is 0 Å². The minimum Gasteiger partial charge on any atom is -0.469 e. The van der Waals surface area contributed by atoms with E-state index in [-0.39, 0.29) is 0 Å². The van der Waals surface area contributed by atoms with Crippen molar-refractivity contribution < 1.29 is 8.94 Å². The second kappa shape index (κ2) is 5.06. The predicted molar refractivity (Wildman–Crippen MR) is 78.4 cm³/mol. The third-order valence-electron chi connectivity index (χ3n) is 3.17. The highest BCUT2D eigenvalue weighted by atomic mass is 35.5. The molecule has 0 saturated heterocycles. The average Bonchev–Trinajstić information content (AvgIpc) is 3.05. The van der Waals surface area contributed by atoms with Gasteiger partial charge in [0.25, 0.3) is 0 Å². The predicted octanol–water partition coefficient (Wildman–Crippen LogP) is 4.40. The second-order valence-electron chi connectivity index (χ2n) is 4.36. The lowest BCUT2D eigenvalue weighted by molar-refractivity contribution is 0.433. The smallest absolute Gasteiger partial charge is 0.180 e. The standard InChI is InChI=1S/C15H13ClN2O2/c1-2-12-10(7-8-19-12)14-13(15(17)18-20-14)9-5-3-4-6-11(9)16/h3-8H,2H2,1H3,(H2,17,18). The first-order chi connectivity index (χ1) is 9.72. The molecule has 0 aliphatic heterocycles. The minimum atomic E-state index is 0.316. The highest BCUT2D eigenvalue weighted by molar-refractivity contribution is 6.33. The first kappa shape index (κ1) is 12.8. The first-order valence-corrected chi connectivity index (χ1v) is 6.67. The lowest BCUT2D eigenvalue weighted by atomic mass is 10.0. The molecule has 1 aromatic carbocycles. The van der Waals surface area contributed by atoms with Crippen molar-refractivity contribution in [1.29, 1.82) is 0 Å². The molecule has 5 heteroatoms. The van der Waals surface area contributed by atoms with Gasteiger partial charge in [-0.3, -0.25) is 0 Å². The Morgan fingerprint density at radius 3 is 2.75 bits per heavy atom. The van der Waals surface area contributed by atoms with Gasteiger partial charge in [0, 0.05) is 17.0 Å². The zero-order chi connectivity index (χ0) is 14.1. The number of nitrogens with zero attached hydrogens (tertiary/aromatic N) is 1. The van der Waals surface area contributed by atoms with E-state index in [4.69, 9.17) is 26.3 Å². The van der Waals surface area contributed by atoms with Crippen molar-refractivity contribution in [1.82, 2.24) is 5.16 Å². The third kappa shape index (κ3) is 1.98. The summed E-state index contributed by atoms with van der Waals surface area (Å²) in [6.07, 6.45) is 2.38. The maximum Gasteiger partial charge on any atom is 0.180 e. The molecule has 0 atom stereocenters. The number of aromatic nitrogens is 1. The highest BCUT2D eigenvalue weighted by Gasteiger charge is 2.22. The molecule has 0 aliphatic rings. The molecule has 2 heterocycles. The van der Waals surface area contributed by atoms with Crippen LogP contribution in [0.5, 0.6) is 0 Å². The molecule has 0 spiro atoms. The van der Waals surface area contributed by atoms with Gasteiger partial charge < -0.3 is 14.7 Å². The summed E-state index contributed by atoms with van der Waals surface area (Å²) in [5.41, 5.74) is 8.30. The number of benzene rings is 1. The lowest BCUT2D eigenvalue weighted by Gasteiger charge is -2.04. The number of furan rings is 1. The van der Waals surface area contributed by atoms with Gasteiger partial charge in [0.1, 0.15) is 5.76 Å². The van der Waals surface area contributed by atoms with Gasteiger partial charge >= 0.3 is 0 Å². The molecule has 102 valence electrons. The topological polar surface area (TPSA) is 65.2 Å². The quantitative estimate of drug-likeness (QED) is 0.776. The summed E-state index contributed by atoms with van der Waals surface area (Å²) >= 11 is 6.25. The van der Waals surface area contributed by atoms with Gasteiger partial charge in [-0.15, -0.1) is 0 Å². The average molecular weight is 289 g/mol. The van der Waals surface area contributed by atoms with Crippen LogP contribution in [-0.4, -0.2) is 5.16 Å². The number of hydrogen-bond donors (Lipinski definition) is 1. The summed E-state index contributed by atoms with van der Waals surface area (Å²) in [4.78, 5) is 0. The number of nitrogen functional groups attached to an aromatic ring is 1. The van der Waals surface area contributed by atoms with Crippen LogP contribution in [0.2, 0.25) is 5.02 Å². The summed E-state index contributed by atoms with van der Waals surface area (Å²) < 4.78 is 10.8. The Labute approximate surface area is 121 Å². The zero-order valence-corrected chi connectivity index (χ0v) is 11.6. The second-order valence-corrected chi connectivity index (χ2v) is 4.77. The van der Waals surface area contributed by atoms with Gasteiger partial charge in [0.05, 0.1) is 17.4 Å². The molecule has 4 nitrogen and oxygen atoms in total. The summed E-state index contributed by atoms with van der Waals surface area (Å²) in [7, 11) is 0. The van der Waals surface area contributed by atoms with Gasteiger partial charge in [-0.2, -0.15) is 0 Å². The van der Waals surface area contributed by atoms with Gasteiger partial charge in [0.15, 0.2) is 11.6 Å². The van der Waals surface area contributed by atoms with E-state index < -0.39 is 0 Å². The Morgan fingerprint density at radius 2 is 2.00 bits per heavy atom. The number of rotatable bonds is 3. The molecule has 20 heavy (non-hydrogen) atoms. The van der Waals surface area contributed by atoms with Crippen LogP contribution in [0.3, 0.4) is 0 Å². The summed E-state index contributed by atoms with van der Waals surface area (Å²) in [5.74, 6) is 1.73. The number of halogens is 1. The van der Waals surface area contributed by atoms with Crippen molar-refractivity contribution in [3.05, 3.63) is 47.4 Å². The van der Waals surface area contributed by atoms with E-state index in [0.717, 1.165) is 23.3 Å². The summed E-state index contributed by atoms with van der Waals surface area (Å²) in [5, 5.41) is 4.47. The number of aryl methyl sites for hydroxylation is 1. The van der Waals surface area contributed by atoms with E-state index >= 15 is 0 Å². The van der Waals surface area contributed by atoms with Crippen LogP contribution in [0.15, 0.2) is 45.5 Å². The molecule has 0 radical (unpaired) electrons. The molecule has 0 aliphatic carbocycles. The van der Waals surface area contributed by atoms with Crippen LogP contribution < -0.4 is 5.73 Å². The third-order valence-corrected chi connectivity index (χ3v) is 3.50. The van der Waals surface area contributed by atoms with Gasteiger partial charge in [0.2, 0.25) is 0 Å². The number of nitrogens with two attached hydrogens (primary N) is 1. The Kier molecular flexibility index (Phi) is 3.24. The monoisotopic (exact) mass is 288 g/mol. The SMILES string of the molecule is CCc1occc1-c1onc(N)c1-c1ccccc1Cl. The van der Waals surface area contributed by atoms with E-state index in [1.807, 2.05) is 37.3 Å². The molecule has 0 saturated carbocycles. The Morgan fingerprint density at radius 1 is 1.20 bits per heavy atom. The van der Waals surface area contributed by atoms with Crippen molar-refractivity contribution >= 4 is 17.4 Å². The molecule has 0 fully saturated rings. The molecule has 3 aromatic rings. The summed E-state index contributed by atoms with van der Waals surface area (Å²) in [6, 6.07) is 9.31. The fourth-order valence-corrected chi connectivity index (χ4v) is 2.46. The molecule has 0 unspecified atom stereocenters. The Balaban J connectivity index is 2.23. The van der Waals surface area contributed by atoms with E-state index in [9.17, 15) is 0 Å². The number of anilines is 1. The first-order valence-electron chi connectivity index (χ1n) is 6.29. The zero-order valence-electron chi connectivity index (χ0n) is 10.9. The molecular weight excluding hydrogens is 276 g/mol. The van der Waals surface area contributed by atoms with Crippen molar-refractivity contribution in [3.63, 3.8) is 0 Å². The van der Waals surface area contributed by atoms with E-state index in [1.165, 1.54) is 0 Å². The molecule has 2 N–H and O–H groups in total. The molecule has 0 bridgehead atoms. The van der Waals surface area contributed by atoms with Crippen molar-refractivity contribution in [3.8, 4) is 22.5 Å². The largest absolute Gasteiger partial charge is 0.469 e. The molecular formula is C15H13ClN2O2. The Bertz CT molecular complexity index is 746. The van der Waals surface area contributed by atoms with E-state index in [1.54, 1.807) is 6.26 Å². The number of hydrogen-bond acceptors (Lipinski definition) is 4. The molecule has 0 amide bonds. The fraction of sp³-hybridized carbons (Fsp3) is 0.133. The summed E-state index contributed by atoms with van der Waals surface area (Å²) in [6.45, 7) is 2.01. The van der Waals surface area contributed by atoms with Gasteiger partial charge in [-0.05, 0) is 12.1 Å². The maximum absolute atomic E-state index is 6.25. The normalized spacial score (nSPS) is 10.9. The minimum absolute atomic E-state index is 0.316. The lowest BCUT2D eigenvalue weighted by Crippen LogP contribution is -1.90.